The average Bonchev–Trinajstić information content (AvgIpc) is 3.28. The summed E-state index contributed by atoms with van der Waals surface area (Å²) in [5.41, 5.74) is 2.51. The molecular weight excluding hydrogens is 322 g/mol. The number of ether oxygens (including phenoxy) is 2. The Labute approximate surface area is 144 Å². The third-order valence-corrected chi connectivity index (χ3v) is 4.47. The maximum atomic E-state index is 12.7. The molecule has 0 aliphatic heterocycles. The minimum absolute atomic E-state index is 0.0425. The van der Waals surface area contributed by atoms with Gasteiger partial charge in [0.2, 0.25) is 0 Å². The van der Waals surface area contributed by atoms with Crippen LogP contribution >= 0.6 is 0 Å². The lowest BCUT2D eigenvalue weighted by Gasteiger charge is -2.06. The fraction of sp³-hybridized carbons (Fsp3) is 0.389. The number of hydrogen-bond donors (Lipinski definition) is 0. The third-order valence-electron chi connectivity index (χ3n) is 4.47. The molecule has 130 valence electrons. The molecule has 7 heteroatoms. The Morgan fingerprint density at radius 1 is 1.36 bits per heavy atom. The molecule has 0 bridgehead atoms. The maximum absolute atomic E-state index is 12.7. The summed E-state index contributed by atoms with van der Waals surface area (Å²) in [6.45, 7) is 3.63. The Hall–Kier alpha value is -2.83. The number of carbonyl (C=O) groups is 1. The van der Waals surface area contributed by atoms with Crippen LogP contribution in [0.25, 0.3) is 10.9 Å². The van der Waals surface area contributed by atoms with Crippen molar-refractivity contribution in [2.24, 2.45) is 0 Å². The van der Waals surface area contributed by atoms with Gasteiger partial charge in [0.15, 0.2) is 12.4 Å². The van der Waals surface area contributed by atoms with Gasteiger partial charge in [0, 0.05) is 22.6 Å². The zero-order chi connectivity index (χ0) is 17.6. The average molecular weight is 341 g/mol. The van der Waals surface area contributed by atoms with Gasteiger partial charge in [-0.2, -0.15) is 4.98 Å². The van der Waals surface area contributed by atoms with Crippen LogP contribution < -0.4 is 4.74 Å². The molecule has 1 aromatic carbocycles. The van der Waals surface area contributed by atoms with Crippen molar-refractivity contribution < 1.29 is 18.8 Å². The van der Waals surface area contributed by atoms with Crippen LogP contribution in [0.4, 0.5) is 0 Å². The van der Waals surface area contributed by atoms with Crippen LogP contribution in [-0.4, -0.2) is 27.8 Å². The molecule has 4 rings (SSSR count). The molecule has 0 saturated heterocycles. The molecule has 1 aliphatic carbocycles. The van der Waals surface area contributed by atoms with Crippen LogP contribution in [0.2, 0.25) is 0 Å². The van der Waals surface area contributed by atoms with E-state index >= 15 is 0 Å². The minimum atomic E-state index is -0.397. The quantitative estimate of drug-likeness (QED) is 0.662. The number of hydrogen-bond acceptors (Lipinski definition) is 6. The Bertz CT molecular complexity index is 953. The molecule has 2 aromatic heterocycles. The molecule has 0 radical (unpaired) electrons. The Morgan fingerprint density at radius 3 is 2.80 bits per heavy atom. The maximum Gasteiger partial charge on any atom is 0.341 e. The van der Waals surface area contributed by atoms with E-state index in [-0.39, 0.29) is 12.5 Å². The lowest BCUT2D eigenvalue weighted by Crippen LogP contribution is -2.08. The van der Waals surface area contributed by atoms with Gasteiger partial charge in [0.05, 0.1) is 12.7 Å². The first kappa shape index (κ1) is 15.7. The second-order valence-corrected chi connectivity index (χ2v) is 6.26. The van der Waals surface area contributed by atoms with Gasteiger partial charge in [-0.25, -0.2) is 4.79 Å². The summed E-state index contributed by atoms with van der Waals surface area (Å²) in [4.78, 5) is 16.8. The van der Waals surface area contributed by atoms with Gasteiger partial charge in [-0.15, -0.1) is 0 Å². The molecule has 1 aliphatic rings. The number of methoxy groups -OCH3 is 1. The van der Waals surface area contributed by atoms with E-state index in [0.717, 1.165) is 29.4 Å². The molecule has 7 nitrogen and oxygen atoms in total. The number of aryl methyl sites for hydroxylation is 1. The smallest absolute Gasteiger partial charge is 0.341 e. The van der Waals surface area contributed by atoms with Crippen LogP contribution in [0, 0.1) is 13.8 Å². The van der Waals surface area contributed by atoms with Crippen molar-refractivity contribution in [3.8, 4) is 5.75 Å². The number of benzene rings is 1. The van der Waals surface area contributed by atoms with E-state index < -0.39 is 5.97 Å². The van der Waals surface area contributed by atoms with Crippen LogP contribution in [0.5, 0.6) is 5.75 Å². The summed E-state index contributed by atoms with van der Waals surface area (Å²) in [5.74, 6) is 1.11. The van der Waals surface area contributed by atoms with Crippen molar-refractivity contribution in [2.45, 2.75) is 39.3 Å². The van der Waals surface area contributed by atoms with Crippen molar-refractivity contribution in [1.82, 2.24) is 14.7 Å². The number of aromatic nitrogens is 3. The van der Waals surface area contributed by atoms with Gasteiger partial charge in [-0.1, -0.05) is 5.16 Å². The van der Waals surface area contributed by atoms with E-state index in [1.165, 1.54) is 0 Å². The van der Waals surface area contributed by atoms with Crippen LogP contribution in [0.3, 0.4) is 0 Å². The molecule has 1 saturated carbocycles. The van der Waals surface area contributed by atoms with E-state index in [2.05, 4.69) is 14.7 Å². The lowest BCUT2D eigenvalue weighted by atomic mass is 10.1. The molecular formula is C18H19N3O4. The van der Waals surface area contributed by atoms with Crippen molar-refractivity contribution in [3.63, 3.8) is 0 Å². The molecule has 0 unspecified atom stereocenters. The van der Waals surface area contributed by atoms with Crippen molar-refractivity contribution in [3.05, 3.63) is 41.2 Å². The monoisotopic (exact) mass is 341 g/mol. The first-order chi connectivity index (χ1) is 12.1. The second-order valence-electron chi connectivity index (χ2n) is 6.26. The number of rotatable bonds is 5. The highest BCUT2D eigenvalue weighted by molar-refractivity contribution is 6.06. The van der Waals surface area contributed by atoms with E-state index in [1.807, 2.05) is 25.1 Å². The third kappa shape index (κ3) is 2.75. The summed E-state index contributed by atoms with van der Waals surface area (Å²) in [5, 5.41) is 4.54. The zero-order valence-electron chi connectivity index (χ0n) is 14.4. The Balaban J connectivity index is 1.71. The fourth-order valence-corrected chi connectivity index (χ4v) is 3.21. The van der Waals surface area contributed by atoms with E-state index in [0.29, 0.717) is 23.2 Å². The highest BCUT2D eigenvalue weighted by Gasteiger charge is 2.31. The first-order valence-electron chi connectivity index (χ1n) is 8.23. The second kappa shape index (κ2) is 5.91. The van der Waals surface area contributed by atoms with Crippen molar-refractivity contribution >= 4 is 16.9 Å². The van der Waals surface area contributed by atoms with E-state index in [9.17, 15) is 4.79 Å². The topological polar surface area (TPSA) is 79.4 Å². The van der Waals surface area contributed by atoms with Gasteiger partial charge >= 0.3 is 5.97 Å². The lowest BCUT2D eigenvalue weighted by molar-refractivity contribution is 0.0431. The normalized spacial score (nSPS) is 14.0. The zero-order valence-corrected chi connectivity index (χ0v) is 14.4. The molecule has 25 heavy (non-hydrogen) atoms. The molecule has 0 atom stereocenters. The highest BCUT2D eigenvalue weighted by Crippen LogP contribution is 2.42. The van der Waals surface area contributed by atoms with Gasteiger partial charge in [-0.3, -0.25) is 0 Å². The first-order valence-corrected chi connectivity index (χ1v) is 8.23. The SMILES string of the molecule is COc1ccc2c(c1)c(C(=O)OCc1nc(C)no1)c(C)n2C1CC1. The largest absolute Gasteiger partial charge is 0.497 e. The minimum Gasteiger partial charge on any atom is -0.497 e. The summed E-state index contributed by atoms with van der Waals surface area (Å²) in [7, 11) is 1.61. The Kier molecular flexibility index (Phi) is 3.71. The van der Waals surface area contributed by atoms with Crippen LogP contribution in [-0.2, 0) is 11.3 Å². The summed E-state index contributed by atoms with van der Waals surface area (Å²) < 4.78 is 18.0. The Morgan fingerprint density at radius 2 is 2.16 bits per heavy atom. The molecule has 1 fully saturated rings. The molecule has 0 amide bonds. The van der Waals surface area contributed by atoms with E-state index in [4.69, 9.17) is 14.0 Å². The number of carbonyl (C=O) groups excluding carboxylic acids is 1. The molecule has 3 aromatic rings. The van der Waals surface area contributed by atoms with Crippen molar-refractivity contribution in [2.75, 3.05) is 7.11 Å². The fourth-order valence-electron chi connectivity index (χ4n) is 3.21. The highest BCUT2D eigenvalue weighted by atomic mass is 16.6. The summed E-state index contributed by atoms with van der Waals surface area (Å²) >= 11 is 0. The van der Waals surface area contributed by atoms with Gasteiger partial charge in [0.25, 0.3) is 5.89 Å². The molecule has 0 N–H and O–H groups in total. The standard InChI is InChI=1S/C18H19N3O4/c1-10-17(18(22)24-9-16-19-11(2)20-25-16)14-8-13(23-3)6-7-15(14)21(10)12-4-5-12/h6-8,12H,4-5,9H2,1-3H3. The predicted molar refractivity (Wildman–Crippen MR) is 89.7 cm³/mol. The van der Waals surface area contributed by atoms with Crippen molar-refractivity contribution in [1.29, 1.82) is 0 Å². The predicted octanol–water partition coefficient (Wildman–Crippen LogP) is 3.34. The molecule has 2 heterocycles. The number of nitrogens with zero attached hydrogens (tertiary/aromatic N) is 3. The van der Waals surface area contributed by atoms with Gasteiger partial charge in [0.1, 0.15) is 5.75 Å². The van der Waals surface area contributed by atoms with Crippen LogP contribution in [0.15, 0.2) is 22.7 Å². The summed E-state index contributed by atoms with van der Waals surface area (Å²) in [6.07, 6.45) is 2.26. The summed E-state index contributed by atoms with van der Waals surface area (Å²) in [6, 6.07) is 6.25. The molecule has 0 spiro atoms. The van der Waals surface area contributed by atoms with Gasteiger partial charge in [-0.05, 0) is 44.9 Å². The van der Waals surface area contributed by atoms with Gasteiger partial charge < -0.3 is 18.6 Å². The number of fused-ring (bicyclic) bond motifs is 1. The number of esters is 1. The van der Waals surface area contributed by atoms with Crippen LogP contribution in [0.1, 0.15) is 46.7 Å². The van der Waals surface area contributed by atoms with E-state index in [1.54, 1.807) is 14.0 Å².